The van der Waals surface area contributed by atoms with Gasteiger partial charge in [-0.1, -0.05) is 53.7 Å². The van der Waals surface area contributed by atoms with Gasteiger partial charge in [0.05, 0.1) is 31.1 Å². The van der Waals surface area contributed by atoms with E-state index < -0.39 is 5.97 Å². The van der Waals surface area contributed by atoms with Gasteiger partial charge in [-0.25, -0.2) is 4.79 Å². The molecule has 0 bridgehead atoms. The van der Waals surface area contributed by atoms with Crippen LogP contribution in [-0.2, 0) is 25.7 Å². The van der Waals surface area contributed by atoms with Crippen molar-refractivity contribution in [3.8, 4) is 0 Å². The van der Waals surface area contributed by atoms with Crippen LogP contribution in [0.2, 0.25) is 0 Å². The van der Waals surface area contributed by atoms with Gasteiger partial charge in [0.25, 0.3) is 0 Å². The number of thiophene rings is 1. The second kappa shape index (κ2) is 9.13. The number of fused-ring (bicyclic) bond motifs is 1. The molecule has 0 unspecified atom stereocenters. The lowest BCUT2D eigenvalue weighted by molar-refractivity contribution is -0.133. The topological polar surface area (TPSA) is 57.1 Å². The second-order valence-corrected chi connectivity index (χ2v) is 8.18. The van der Waals surface area contributed by atoms with Crippen molar-refractivity contribution in [2.75, 3.05) is 14.2 Å². The normalized spacial score (nSPS) is 14.6. The third kappa shape index (κ3) is 4.24. The summed E-state index contributed by atoms with van der Waals surface area (Å²) in [5.74, 6) is 0.00130. The van der Waals surface area contributed by atoms with Crippen LogP contribution in [0.25, 0.3) is 15.7 Å². The maximum atomic E-state index is 12.4. The summed E-state index contributed by atoms with van der Waals surface area (Å²) in [4.78, 5) is 19.2. The number of hydrogen-bond donors (Lipinski definition) is 0. The lowest BCUT2D eigenvalue weighted by Crippen LogP contribution is -2.07. The average Bonchev–Trinajstić information content (AvgIpc) is 3.56. The smallest absolute Gasteiger partial charge is 0.341 e. The molecule has 0 radical (unpaired) electrons. The van der Waals surface area contributed by atoms with Crippen LogP contribution in [0.4, 0.5) is 0 Å². The lowest BCUT2D eigenvalue weighted by atomic mass is 10.0. The van der Waals surface area contributed by atoms with E-state index >= 15 is 0 Å². The first-order valence-electron chi connectivity index (χ1n) is 9.80. The van der Waals surface area contributed by atoms with Crippen molar-refractivity contribution in [1.82, 2.24) is 0 Å². The minimum Gasteiger partial charge on any atom is -0.503 e. The van der Waals surface area contributed by atoms with Crippen LogP contribution >= 0.6 is 11.3 Å². The molecule has 0 amide bonds. The molecule has 0 aliphatic heterocycles. The number of rotatable bonds is 8. The van der Waals surface area contributed by atoms with Gasteiger partial charge in [0.15, 0.2) is 6.61 Å². The third-order valence-electron chi connectivity index (χ3n) is 4.97. The van der Waals surface area contributed by atoms with Gasteiger partial charge in [-0.15, -0.1) is 11.3 Å². The highest BCUT2D eigenvalue weighted by Gasteiger charge is 2.29. The lowest BCUT2D eigenvalue weighted by Gasteiger charge is -2.09. The average molecular weight is 422 g/mol. The second-order valence-electron chi connectivity index (χ2n) is 7.05. The number of methoxy groups -OCH3 is 2. The summed E-state index contributed by atoms with van der Waals surface area (Å²) in [5.41, 5.74) is 3.21. The minimum atomic E-state index is -0.451. The molecule has 2 aromatic carbocycles. The van der Waals surface area contributed by atoms with Gasteiger partial charge < -0.3 is 14.3 Å². The number of nitrogens with zero attached hydrogens (tertiary/aromatic N) is 1. The number of oxime groups is 1. The van der Waals surface area contributed by atoms with Gasteiger partial charge >= 0.3 is 5.97 Å². The van der Waals surface area contributed by atoms with Crippen molar-refractivity contribution in [2.24, 2.45) is 11.1 Å². The summed E-state index contributed by atoms with van der Waals surface area (Å²) in [5, 5.41) is 5.45. The Bertz CT molecular complexity index is 1100. The summed E-state index contributed by atoms with van der Waals surface area (Å²) in [6.45, 7) is 0.260. The van der Waals surface area contributed by atoms with Crippen molar-refractivity contribution < 1.29 is 19.1 Å². The maximum Gasteiger partial charge on any atom is 0.341 e. The molecule has 3 aromatic rings. The van der Waals surface area contributed by atoms with Crippen molar-refractivity contribution in [1.29, 1.82) is 0 Å². The van der Waals surface area contributed by atoms with Crippen molar-refractivity contribution >= 4 is 38.7 Å². The van der Waals surface area contributed by atoms with E-state index in [1.54, 1.807) is 11.3 Å². The zero-order chi connectivity index (χ0) is 20.9. The fourth-order valence-electron chi connectivity index (χ4n) is 3.42. The Labute approximate surface area is 179 Å². The van der Waals surface area contributed by atoms with E-state index in [1.165, 1.54) is 20.5 Å². The summed E-state index contributed by atoms with van der Waals surface area (Å²) in [6.07, 6.45) is 3.69. The number of hydrogen-bond acceptors (Lipinski definition) is 6. The van der Waals surface area contributed by atoms with Crippen LogP contribution in [-0.4, -0.2) is 25.9 Å². The van der Waals surface area contributed by atoms with E-state index in [4.69, 9.17) is 14.3 Å². The van der Waals surface area contributed by atoms with Crippen LogP contribution in [0.15, 0.2) is 66.0 Å². The Hall–Kier alpha value is -3.12. The number of esters is 1. The quantitative estimate of drug-likeness (QED) is 0.161. The van der Waals surface area contributed by atoms with E-state index in [0.29, 0.717) is 11.5 Å². The number of carbonyl (C=O) groups is 1. The molecule has 1 aliphatic rings. The molecule has 1 saturated carbocycles. The number of ether oxygens (including phenoxy) is 2. The molecule has 6 heteroatoms. The molecule has 0 spiro atoms. The Morgan fingerprint density at radius 1 is 1.10 bits per heavy atom. The Morgan fingerprint density at radius 3 is 2.53 bits per heavy atom. The van der Waals surface area contributed by atoms with Gasteiger partial charge in [-0.2, -0.15) is 0 Å². The van der Waals surface area contributed by atoms with Gasteiger partial charge in [-0.05, 0) is 24.5 Å². The van der Waals surface area contributed by atoms with Gasteiger partial charge in [0, 0.05) is 21.6 Å². The van der Waals surface area contributed by atoms with E-state index in [2.05, 4.69) is 17.3 Å². The Morgan fingerprint density at radius 2 is 1.83 bits per heavy atom. The van der Waals surface area contributed by atoms with E-state index in [-0.39, 0.29) is 6.61 Å². The summed E-state index contributed by atoms with van der Waals surface area (Å²) < 4.78 is 11.2. The summed E-state index contributed by atoms with van der Waals surface area (Å²) in [6, 6.07) is 18.1. The molecule has 30 heavy (non-hydrogen) atoms. The van der Waals surface area contributed by atoms with Crippen LogP contribution in [0.3, 0.4) is 0 Å². The summed E-state index contributed by atoms with van der Waals surface area (Å²) >= 11 is 1.58. The molecule has 0 atom stereocenters. The predicted molar refractivity (Wildman–Crippen MR) is 119 cm³/mol. The first kappa shape index (κ1) is 20.2. The molecule has 1 aliphatic carbocycles. The molecule has 4 rings (SSSR count). The maximum absolute atomic E-state index is 12.4. The Balaban J connectivity index is 1.67. The molecule has 5 nitrogen and oxygen atoms in total. The monoisotopic (exact) mass is 421 g/mol. The largest absolute Gasteiger partial charge is 0.503 e. The van der Waals surface area contributed by atoms with Gasteiger partial charge in [0.2, 0.25) is 0 Å². The highest BCUT2D eigenvalue weighted by molar-refractivity contribution is 7.19. The minimum absolute atomic E-state index is 0.260. The van der Waals surface area contributed by atoms with Gasteiger partial charge in [0.1, 0.15) is 5.57 Å². The van der Waals surface area contributed by atoms with Crippen molar-refractivity contribution in [3.63, 3.8) is 0 Å². The zero-order valence-electron chi connectivity index (χ0n) is 17.0. The van der Waals surface area contributed by atoms with Crippen LogP contribution < -0.4 is 0 Å². The van der Waals surface area contributed by atoms with E-state index in [0.717, 1.165) is 44.6 Å². The third-order valence-corrected chi connectivity index (χ3v) is 6.12. The molecule has 154 valence electrons. The molecule has 1 aromatic heterocycles. The first-order valence-corrected chi connectivity index (χ1v) is 10.6. The SMILES string of the molecule is COC=C(C(=O)OC)c1c(CON=C(c2ccccc2)C2CC2)sc2ccccc12. The van der Waals surface area contributed by atoms with E-state index in [9.17, 15) is 4.79 Å². The molecule has 1 fully saturated rings. The van der Waals surface area contributed by atoms with Gasteiger partial charge in [-0.3, -0.25) is 0 Å². The highest BCUT2D eigenvalue weighted by Crippen LogP contribution is 2.37. The highest BCUT2D eigenvalue weighted by atomic mass is 32.1. The Kier molecular flexibility index (Phi) is 6.14. The molecule has 0 N–H and O–H groups in total. The molecular weight excluding hydrogens is 398 g/mol. The fourth-order valence-corrected chi connectivity index (χ4v) is 4.54. The summed E-state index contributed by atoms with van der Waals surface area (Å²) in [7, 11) is 2.88. The van der Waals surface area contributed by atoms with Crippen LogP contribution in [0.1, 0.15) is 28.8 Å². The predicted octanol–water partition coefficient (Wildman–Crippen LogP) is 5.39. The standard InChI is InChI=1S/C24H23NO4S/c1-27-14-19(24(26)28-2)22-18-10-6-7-11-20(18)30-21(22)15-29-25-23(17-12-13-17)16-8-4-3-5-9-16/h3-11,14,17H,12-13,15H2,1-2H3. The van der Waals surface area contributed by atoms with Crippen LogP contribution in [0, 0.1) is 5.92 Å². The molecule has 0 saturated heterocycles. The number of benzene rings is 2. The fraction of sp³-hybridized carbons (Fsp3) is 0.250. The van der Waals surface area contributed by atoms with Crippen LogP contribution in [0.5, 0.6) is 0 Å². The zero-order valence-corrected chi connectivity index (χ0v) is 17.8. The molecule has 1 heterocycles. The van der Waals surface area contributed by atoms with Crippen molar-refractivity contribution in [2.45, 2.75) is 19.4 Å². The van der Waals surface area contributed by atoms with Crippen molar-refractivity contribution in [3.05, 3.63) is 76.9 Å². The molecular formula is C24H23NO4S. The van der Waals surface area contributed by atoms with E-state index in [1.807, 2.05) is 42.5 Å². The first-order chi connectivity index (χ1) is 14.7. The number of carbonyl (C=O) groups excluding carboxylic acids is 1.